The van der Waals surface area contributed by atoms with Crippen molar-refractivity contribution in [3.05, 3.63) is 17.8 Å². The quantitative estimate of drug-likeness (QED) is 0.725. The number of hydrogen-bond donors (Lipinski definition) is 0. The summed E-state index contributed by atoms with van der Waals surface area (Å²) in [6.45, 7) is 1.52. The maximum atomic E-state index is 11.0. The van der Waals surface area contributed by atoms with E-state index < -0.39 is 0 Å². The molecule has 0 aliphatic rings. The summed E-state index contributed by atoms with van der Waals surface area (Å²) in [5.74, 6) is 1.13. The van der Waals surface area contributed by atoms with E-state index in [1.54, 1.807) is 19.4 Å². The number of carbonyl (C=O) groups excluding carboxylic acids is 1. The number of Topliss-reactive ketones (excluding diaryl/α,β-unsaturated/α-hetero) is 1. The van der Waals surface area contributed by atoms with Gasteiger partial charge in [-0.1, -0.05) is 0 Å². The number of methoxy groups -OCH3 is 2. The predicted molar refractivity (Wildman–Crippen MR) is 51.7 cm³/mol. The normalized spacial score (nSPS) is 9.64. The topological polar surface area (TPSA) is 48.4 Å². The molecule has 76 valence electrons. The molecule has 1 heterocycles. The van der Waals surface area contributed by atoms with Crippen molar-refractivity contribution in [3.8, 4) is 11.6 Å². The molecule has 14 heavy (non-hydrogen) atoms. The minimum absolute atomic E-state index is 0.0506. The average Bonchev–Trinajstić information content (AvgIpc) is 2.17. The molecule has 0 unspecified atom stereocenters. The number of aromatic nitrogens is 1. The molecule has 1 aromatic rings. The third-order valence-electron chi connectivity index (χ3n) is 1.81. The second-order valence-corrected chi connectivity index (χ2v) is 2.88. The number of rotatable bonds is 4. The van der Waals surface area contributed by atoms with E-state index in [1.807, 2.05) is 0 Å². The fourth-order valence-corrected chi connectivity index (χ4v) is 1.24. The Kier molecular flexibility index (Phi) is 3.45. The molecule has 0 aliphatic carbocycles. The third kappa shape index (κ3) is 2.22. The molecule has 0 spiro atoms. The van der Waals surface area contributed by atoms with Gasteiger partial charge in [0, 0.05) is 12.6 Å². The minimum atomic E-state index is 0.0506. The lowest BCUT2D eigenvalue weighted by molar-refractivity contribution is -0.116. The molecule has 0 aliphatic heterocycles. The largest absolute Gasteiger partial charge is 0.496 e. The zero-order valence-corrected chi connectivity index (χ0v) is 8.53. The summed E-state index contributed by atoms with van der Waals surface area (Å²) in [5.41, 5.74) is 0.699. The van der Waals surface area contributed by atoms with Crippen LogP contribution in [0.4, 0.5) is 0 Å². The monoisotopic (exact) mass is 195 g/mol. The number of ketones is 1. The molecule has 0 amide bonds. The average molecular weight is 195 g/mol. The Labute approximate surface area is 82.9 Å². The van der Waals surface area contributed by atoms with Gasteiger partial charge in [0.25, 0.3) is 0 Å². The van der Waals surface area contributed by atoms with E-state index in [4.69, 9.17) is 9.47 Å². The van der Waals surface area contributed by atoms with Crippen molar-refractivity contribution in [2.75, 3.05) is 14.2 Å². The number of nitrogens with zero attached hydrogens (tertiary/aromatic N) is 1. The lowest BCUT2D eigenvalue weighted by Crippen LogP contribution is -2.03. The summed E-state index contributed by atoms with van der Waals surface area (Å²) in [4.78, 5) is 15.0. The van der Waals surface area contributed by atoms with Gasteiger partial charge in [-0.3, -0.25) is 4.79 Å². The van der Waals surface area contributed by atoms with Crippen LogP contribution in [0.1, 0.15) is 12.5 Å². The summed E-state index contributed by atoms with van der Waals surface area (Å²) < 4.78 is 10.2. The van der Waals surface area contributed by atoms with Crippen molar-refractivity contribution in [1.82, 2.24) is 4.98 Å². The van der Waals surface area contributed by atoms with E-state index in [9.17, 15) is 4.79 Å². The molecule has 0 atom stereocenters. The molecule has 0 saturated heterocycles. The van der Waals surface area contributed by atoms with Gasteiger partial charge in [-0.05, 0) is 13.0 Å². The fraction of sp³-hybridized carbons (Fsp3) is 0.400. The van der Waals surface area contributed by atoms with Crippen LogP contribution in [-0.2, 0) is 11.2 Å². The van der Waals surface area contributed by atoms with Crippen LogP contribution in [0.25, 0.3) is 0 Å². The highest BCUT2D eigenvalue weighted by atomic mass is 16.5. The van der Waals surface area contributed by atoms with Crippen molar-refractivity contribution in [2.24, 2.45) is 0 Å². The molecular weight excluding hydrogens is 182 g/mol. The van der Waals surface area contributed by atoms with E-state index in [-0.39, 0.29) is 12.2 Å². The van der Waals surface area contributed by atoms with Gasteiger partial charge < -0.3 is 9.47 Å². The molecule has 0 saturated carbocycles. The molecule has 0 fully saturated rings. The van der Waals surface area contributed by atoms with Crippen LogP contribution in [0.3, 0.4) is 0 Å². The molecule has 1 aromatic heterocycles. The zero-order valence-electron chi connectivity index (χ0n) is 8.53. The summed E-state index contributed by atoms with van der Waals surface area (Å²) >= 11 is 0. The first-order valence-corrected chi connectivity index (χ1v) is 4.24. The lowest BCUT2D eigenvalue weighted by Gasteiger charge is -2.09. The van der Waals surface area contributed by atoms with Crippen LogP contribution in [0, 0.1) is 0 Å². The standard InChI is InChI=1S/C10H13NO3/c1-7(12)6-8-9(13-2)4-5-11-10(8)14-3/h4-5H,6H2,1-3H3. The van der Waals surface area contributed by atoms with E-state index in [0.717, 1.165) is 0 Å². The lowest BCUT2D eigenvalue weighted by atomic mass is 10.1. The first kappa shape index (κ1) is 10.5. The Hall–Kier alpha value is -1.58. The van der Waals surface area contributed by atoms with Crippen molar-refractivity contribution in [3.63, 3.8) is 0 Å². The first-order valence-electron chi connectivity index (χ1n) is 4.24. The molecular formula is C10H13NO3. The summed E-state index contributed by atoms with van der Waals surface area (Å²) in [5, 5.41) is 0. The van der Waals surface area contributed by atoms with Crippen molar-refractivity contribution in [1.29, 1.82) is 0 Å². The van der Waals surface area contributed by atoms with Crippen molar-refractivity contribution in [2.45, 2.75) is 13.3 Å². The van der Waals surface area contributed by atoms with Gasteiger partial charge >= 0.3 is 0 Å². The number of carbonyl (C=O) groups is 1. The third-order valence-corrected chi connectivity index (χ3v) is 1.81. The summed E-state index contributed by atoms with van der Waals surface area (Å²) in [6.07, 6.45) is 1.86. The summed E-state index contributed by atoms with van der Waals surface area (Å²) in [6, 6.07) is 1.71. The van der Waals surface area contributed by atoms with Crippen LogP contribution in [-0.4, -0.2) is 25.0 Å². The van der Waals surface area contributed by atoms with Gasteiger partial charge in [-0.2, -0.15) is 0 Å². The van der Waals surface area contributed by atoms with Crippen molar-refractivity contribution >= 4 is 5.78 Å². The fourth-order valence-electron chi connectivity index (χ4n) is 1.24. The first-order chi connectivity index (χ1) is 6.69. The van der Waals surface area contributed by atoms with Crippen LogP contribution < -0.4 is 9.47 Å². The highest BCUT2D eigenvalue weighted by Gasteiger charge is 2.12. The van der Waals surface area contributed by atoms with Gasteiger partial charge in [0.2, 0.25) is 5.88 Å². The highest BCUT2D eigenvalue weighted by Crippen LogP contribution is 2.26. The molecule has 0 N–H and O–H groups in total. The van der Waals surface area contributed by atoms with E-state index in [2.05, 4.69) is 4.98 Å². The van der Waals surface area contributed by atoms with Gasteiger partial charge in [0.1, 0.15) is 11.5 Å². The minimum Gasteiger partial charge on any atom is -0.496 e. The van der Waals surface area contributed by atoms with Crippen LogP contribution in [0.2, 0.25) is 0 Å². The maximum Gasteiger partial charge on any atom is 0.220 e. The Morgan fingerprint density at radius 3 is 2.64 bits per heavy atom. The van der Waals surface area contributed by atoms with Gasteiger partial charge in [-0.25, -0.2) is 4.98 Å². The van der Waals surface area contributed by atoms with Crippen molar-refractivity contribution < 1.29 is 14.3 Å². The SMILES string of the molecule is COc1ccnc(OC)c1CC(C)=O. The van der Waals surface area contributed by atoms with E-state index in [1.165, 1.54) is 14.0 Å². The second-order valence-electron chi connectivity index (χ2n) is 2.88. The van der Waals surface area contributed by atoms with Crippen LogP contribution in [0.15, 0.2) is 12.3 Å². The van der Waals surface area contributed by atoms with E-state index in [0.29, 0.717) is 17.2 Å². The molecule has 0 aromatic carbocycles. The second kappa shape index (κ2) is 4.60. The van der Waals surface area contributed by atoms with E-state index >= 15 is 0 Å². The maximum absolute atomic E-state index is 11.0. The van der Waals surface area contributed by atoms with Crippen LogP contribution in [0.5, 0.6) is 11.6 Å². The molecule has 1 rings (SSSR count). The zero-order chi connectivity index (χ0) is 10.6. The summed E-state index contributed by atoms with van der Waals surface area (Å²) in [7, 11) is 3.07. The molecule has 4 heteroatoms. The Morgan fingerprint density at radius 2 is 2.14 bits per heavy atom. The Bertz CT molecular complexity index is 314. The number of pyridine rings is 1. The molecule has 4 nitrogen and oxygen atoms in total. The van der Waals surface area contributed by atoms with Crippen LogP contribution >= 0.6 is 0 Å². The molecule has 0 bridgehead atoms. The Morgan fingerprint density at radius 1 is 1.43 bits per heavy atom. The van der Waals surface area contributed by atoms with Gasteiger partial charge in [0.15, 0.2) is 0 Å². The Balaban J connectivity index is 3.12. The van der Waals surface area contributed by atoms with Gasteiger partial charge in [0.05, 0.1) is 19.8 Å². The number of ether oxygens (including phenoxy) is 2. The van der Waals surface area contributed by atoms with Gasteiger partial charge in [-0.15, -0.1) is 0 Å². The molecule has 0 radical (unpaired) electrons. The predicted octanol–water partition coefficient (Wildman–Crippen LogP) is 1.23. The highest BCUT2D eigenvalue weighted by molar-refractivity contribution is 5.79. The number of hydrogen-bond acceptors (Lipinski definition) is 4. The smallest absolute Gasteiger partial charge is 0.220 e.